The largest absolute Gasteiger partial charge is 0.489 e. The van der Waals surface area contributed by atoms with Gasteiger partial charge in [0.2, 0.25) is 0 Å². The molecule has 3 aliphatic carbocycles. The first-order chi connectivity index (χ1) is 18.2. The van der Waals surface area contributed by atoms with E-state index in [1.54, 1.807) is 6.07 Å². The average molecular weight is 513 g/mol. The number of hydrogen-bond donors (Lipinski definition) is 1. The van der Waals surface area contributed by atoms with Crippen LogP contribution in [0.1, 0.15) is 86.1 Å². The van der Waals surface area contributed by atoms with Gasteiger partial charge in [-0.3, -0.25) is 4.79 Å². The van der Waals surface area contributed by atoms with Gasteiger partial charge in [0.05, 0.1) is 5.92 Å². The van der Waals surface area contributed by atoms with Crippen molar-refractivity contribution in [3.8, 4) is 16.9 Å². The zero-order chi connectivity index (χ0) is 26.7. The summed E-state index contributed by atoms with van der Waals surface area (Å²) < 4.78 is 21.3. The van der Waals surface area contributed by atoms with Crippen LogP contribution < -0.4 is 4.74 Å². The maximum absolute atomic E-state index is 15.0. The summed E-state index contributed by atoms with van der Waals surface area (Å²) in [5.74, 6) is 0.00888. The summed E-state index contributed by atoms with van der Waals surface area (Å²) in [5, 5.41) is 9.74. The molecule has 3 atom stereocenters. The molecular weight excluding hydrogens is 475 g/mol. The van der Waals surface area contributed by atoms with E-state index in [1.165, 1.54) is 29.5 Å². The van der Waals surface area contributed by atoms with E-state index in [1.807, 2.05) is 25.1 Å². The van der Waals surface area contributed by atoms with Gasteiger partial charge in [0.25, 0.3) is 0 Å². The van der Waals surface area contributed by atoms with Crippen LogP contribution in [0.3, 0.4) is 0 Å². The molecule has 0 radical (unpaired) electrons. The van der Waals surface area contributed by atoms with Crippen LogP contribution in [0.2, 0.25) is 0 Å². The van der Waals surface area contributed by atoms with Crippen LogP contribution in [0, 0.1) is 24.1 Å². The number of aliphatic carboxylic acids is 1. The minimum absolute atomic E-state index is 0.159. The van der Waals surface area contributed by atoms with E-state index in [4.69, 9.17) is 4.74 Å². The molecule has 1 spiro atoms. The predicted octanol–water partition coefficient (Wildman–Crippen LogP) is 8.35. The van der Waals surface area contributed by atoms with E-state index >= 15 is 4.39 Å². The first kappa shape index (κ1) is 25.2. The smallest absolute Gasteiger partial charge is 0.307 e. The van der Waals surface area contributed by atoms with Crippen molar-refractivity contribution in [2.45, 2.75) is 83.7 Å². The molecule has 6 rings (SSSR count). The molecule has 3 aliphatic rings. The van der Waals surface area contributed by atoms with E-state index in [2.05, 4.69) is 44.2 Å². The van der Waals surface area contributed by atoms with E-state index < -0.39 is 5.97 Å². The molecule has 0 amide bonds. The Bertz CT molecular complexity index is 1410. The minimum atomic E-state index is -0.678. The number of fused-ring (bicyclic) bond motifs is 2. The monoisotopic (exact) mass is 512 g/mol. The number of aryl methyl sites for hydroxylation is 2. The van der Waals surface area contributed by atoms with Crippen molar-refractivity contribution in [1.82, 2.24) is 0 Å². The topological polar surface area (TPSA) is 46.5 Å². The van der Waals surface area contributed by atoms with Gasteiger partial charge in [0, 0.05) is 11.0 Å². The van der Waals surface area contributed by atoms with Crippen LogP contribution in [0.5, 0.6) is 5.75 Å². The van der Waals surface area contributed by atoms with E-state index in [-0.39, 0.29) is 22.6 Å². The van der Waals surface area contributed by atoms with Gasteiger partial charge in [-0.1, -0.05) is 56.2 Å². The van der Waals surface area contributed by atoms with Gasteiger partial charge in [-0.15, -0.1) is 0 Å². The normalized spacial score (nSPS) is 25.3. The molecule has 198 valence electrons. The number of benzene rings is 3. The van der Waals surface area contributed by atoms with Crippen LogP contribution in [-0.4, -0.2) is 11.1 Å². The second-order valence-corrected chi connectivity index (χ2v) is 12.5. The summed E-state index contributed by atoms with van der Waals surface area (Å²) in [5.41, 5.74) is 7.37. The Balaban J connectivity index is 1.30. The van der Waals surface area contributed by atoms with Gasteiger partial charge >= 0.3 is 5.97 Å². The van der Waals surface area contributed by atoms with Gasteiger partial charge in [0.15, 0.2) is 0 Å². The Morgan fingerprint density at radius 1 is 1.00 bits per heavy atom. The van der Waals surface area contributed by atoms with E-state index in [0.717, 1.165) is 54.5 Å². The number of hydrogen-bond acceptors (Lipinski definition) is 2. The van der Waals surface area contributed by atoms with Gasteiger partial charge in [-0.2, -0.15) is 0 Å². The first-order valence-electron chi connectivity index (χ1n) is 14.1. The third-order valence-electron chi connectivity index (χ3n) is 9.87. The minimum Gasteiger partial charge on any atom is -0.489 e. The van der Waals surface area contributed by atoms with Gasteiger partial charge in [-0.25, -0.2) is 4.39 Å². The highest BCUT2D eigenvalue weighted by Crippen LogP contribution is 2.57. The Labute approximate surface area is 225 Å². The molecule has 1 N–H and O–H groups in total. The van der Waals surface area contributed by atoms with Crippen molar-refractivity contribution >= 4 is 5.97 Å². The Morgan fingerprint density at radius 2 is 1.84 bits per heavy atom. The van der Waals surface area contributed by atoms with Crippen molar-refractivity contribution in [1.29, 1.82) is 0 Å². The molecule has 0 saturated heterocycles. The van der Waals surface area contributed by atoms with Crippen LogP contribution >= 0.6 is 0 Å². The molecule has 0 unspecified atom stereocenters. The second kappa shape index (κ2) is 9.25. The van der Waals surface area contributed by atoms with Crippen LogP contribution in [0.4, 0.5) is 4.39 Å². The summed E-state index contributed by atoms with van der Waals surface area (Å²) in [4.78, 5) is 11.8. The molecular formula is C34H37FO3. The predicted molar refractivity (Wildman–Crippen MR) is 148 cm³/mol. The average Bonchev–Trinajstić information content (AvgIpc) is 3.43. The molecule has 38 heavy (non-hydrogen) atoms. The summed E-state index contributed by atoms with van der Waals surface area (Å²) in [6.07, 6.45) is 7.02. The van der Waals surface area contributed by atoms with Gasteiger partial charge in [-0.05, 0) is 109 Å². The van der Waals surface area contributed by atoms with Gasteiger partial charge < -0.3 is 9.84 Å². The lowest BCUT2D eigenvalue weighted by Gasteiger charge is -2.45. The van der Waals surface area contributed by atoms with Crippen molar-refractivity contribution in [2.24, 2.45) is 11.3 Å². The third-order valence-corrected chi connectivity index (χ3v) is 9.87. The highest BCUT2D eigenvalue weighted by Gasteiger charge is 2.54. The first-order valence-corrected chi connectivity index (χ1v) is 14.1. The van der Waals surface area contributed by atoms with Crippen molar-refractivity contribution < 1.29 is 19.0 Å². The Hall–Kier alpha value is -3.14. The number of rotatable bonds is 6. The SMILES string of the molecule is Cc1ccc(F)c(-c2ccc(COc3ccc4c(c3)[C@]3(CC4)CC[C@@H]3C(=O)O)cc2[C@@H]2CCCC2(C)C)c1. The zero-order valence-corrected chi connectivity index (χ0v) is 22.6. The summed E-state index contributed by atoms with van der Waals surface area (Å²) in [6.45, 7) is 7.09. The van der Waals surface area contributed by atoms with E-state index in [0.29, 0.717) is 18.1 Å². The summed E-state index contributed by atoms with van der Waals surface area (Å²) in [7, 11) is 0. The lowest BCUT2D eigenvalue weighted by molar-refractivity contribution is -0.149. The molecule has 4 heteroatoms. The van der Waals surface area contributed by atoms with Crippen molar-refractivity contribution in [3.63, 3.8) is 0 Å². The highest BCUT2D eigenvalue weighted by atomic mass is 19.1. The fraction of sp³-hybridized carbons (Fsp3) is 0.441. The second-order valence-electron chi connectivity index (χ2n) is 12.5. The maximum Gasteiger partial charge on any atom is 0.307 e. The number of carboxylic acid groups (broad SMARTS) is 1. The van der Waals surface area contributed by atoms with Crippen LogP contribution in [0.15, 0.2) is 54.6 Å². The molecule has 3 aromatic carbocycles. The maximum atomic E-state index is 15.0. The summed E-state index contributed by atoms with van der Waals surface area (Å²) >= 11 is 0. The Kier molecular flexibility index (Phi) is 6.13. The molecule has 0 aromatic heterocycles. The fourth-order valence-corrected chi connectivity index (χ4v) is 7.59. The fourth-order valence-electron chi connectivity index (χ4n) is 7.59. The lowest BCUT2D eigenvalue weighted by Crippen LogP contribution is -2.46. The number of carboxylic acids is 1. The molecule has 2 fully saturated rings. The van der Waals surface area contributed by atoms with Crippen LogP contribution in [-0.2, 0) is 23.2 Å². The Morgan fingerprint density at radius 3 is 2.55 bits per heavy atom. The number of carbonyl (C=O) groups is 1. The van der Waals surface area contributed by atoms with Crippen molar-refractivity contribution in [3.05, 3.63) is 88.2 Å². The molecule has 0 aliphatic heterocycles. The van der Waals surface area contributed by atoms with Crippen LogP contribution in [0.25, 0.3) is 11.1 Å². The van der Waals surface area contributed by atoms with Crippen molar-refractivity contribution in [2.75, 3.05) is 0 Å². The lowest BCUT2D eigenvalue weighted by atomic mass is 9.57. The highest BCUT2D eigenvalue weighted by molar-refractivity contribution is 5.75. The van der Waals surface area contributed by atoms with Gasteiger partial charge in [0.1, 0.15) is 18.2 Å². The molecule has 0 heterocycles. The molecule has 0 bridgehead atoms. The standard InChI is InChI=1S/C34H37FO3/c1-21-6-11-31(35)27(17-21)25-10-7-22(18-26(25)28-5-4-14-33(28,2)3)20-38-24-9-8-23-12-15-34(30(23)19-24)16-13-29(34)32(36)37/h6-11,17-19,28-29H,4-5,12-16,20H2,1-3H3,(H,36,37)/t28-,29+,34+/m0/s1. The number of halogens is 1. The van der Waals surface area contributed by atoms with E-state index in [9.17, 15) is 9.90 Å². The molecule has 2 saturated carbocycles. The summed E-state index contributed by atoms with van der Waals surface area (Å²) in [6, 6.07) is 17.9. The third kappa shape index (κ3) is 4.13. The zero-order valence-electron chi connectivity index (χ0n) is 22.6. The molecule has 3 nitrogen and oxygen atoms in total. The number of ether oxygens (including phenoxy) is 1. The molecule has 3 aromatic rings. The quantitative estimate of drug-likeness (QED) is 0.361.